The Balaban J connectivity index is 1.74. The molecule has 1 saturated heterocycles. The van der Waals surface area contributed by atoms with Gasteiger partial charge in [0.2, 0.25) is 0 Å². The summed E-state index contributed by atoms with van der Waals surface area (Å²) >= 11 is 0. The molecular weight excluding hydrogens is 184 g/mol. The molecule has 1 saturated carbocycles. The fraction of sp³-hybridized carbons (Fsp3) is 1.00. The van der Waals surface area contributed by atoms with Gasteiger partial charge in [-0.2, -0.15) is 0 Å². The van der Waals surface area contributed by atoms with Crippen LogP contribution in [-0.4, -0.2) is 25.2 Å². The molecule has 2 heteroatoms. The summed E-state index contributed by atoms with van der Waals surface area (Å²) in [5.41, 5.74) is 0. The minimum Gasteiger partial charge on any atom is -0.315 e. The maximum atomic E-state index is 3.85. The minimum atomic E-state index is 0.740. The molecule has 2 fully saturated rings. The largest absolute Gasteiger partial charge is 0.315 e. The van der Waals surface area contributed by atoms with Crippen LogP contribution in [0.25, 0.3) is 0 Å². The van der Waals surface area contributed by atoms with Crippen molar-refractivity contribution in [1.82, 2.24) is 10.6 Å². The summed E-state index contributed by atoms with van der Waals surface area (Å²) in [5.74, 6) is 1.85. The lowest BCUT2D eigenvalue weighted by Crippen LogP contribution is -2.49. The van der Waals surface area contributed by atoms with Gasteiger partial charge in [0.15, 0.2) is 0 Å². The highest BCUT2D eigenvalue weighted by Crippen LogP contribution is 2.29. The molecule has 1 aliphatic heterocycles. The van der Waals surface area contributed by atoms with Gasteiger partial charge in [-0.15, -0.1) is 0 Å². The van der Waals surface area contributed by atoms with Gasteiger partial charge in [-0.25, -0.2) is 0 Å². The standard InChI is InChI=1S/C13H26N2/c1-10-5-6-12(8-11(10)2)15-13-4-3-7-14-9-13/h10-15H,3-9H2,1-2H3. The van der Waals surface area contributed by atoms with E-state index in [4.69, 9.17) is 0 Å². The van der Waals surface area contributed by atoms with E-state index in [-0.39, 0.29) is 0 Å². The first-order valence-electron chi connectivity index (χ1n) is 6.72. The van der Waals surface area contributed by atoms with Gasteiger partial charge in [-0.3, -0.25) is 0 Å². The van der Waals surface area contributed by atoms with Crippen LogP contribution in [0.4, 0.5) is 0 Å². The Morgan fingerprint density at radius 2 is 1.87 bits per heavy atom. The van der Waals surface area contributed by atoms with E-state index in [2.05, 4.69) is 24.5 Å². The van der Waals surface area contributed by atoms with Crippen molar-refractivity contribution in [2.24, 2.45) is 11.8 Å². The van der Waals surface area contributed by atoms with Crippen LogP contribution in [0.5, 0.6) is 0 Å². The molecule has 2 nitrogen and oxygen atoms in total. The molecule has 0 aromatic rings. The molecule has 15 heavy (non-hydrogen) atoms. The van der Waals surface area contributed by atoms with E-state index in [0.29, 0.717) is 0 Å². The van der Waals surface area contributed by atoms with Crippen molar-refractivity contribution in [2.75, 3.05) is 13.1 Å². The molecule has 0 aromatic carbocycles. The molecule has 2 aliphatic rings. The zero-order chi connectivity index (χ0) is 10.7. The summed E-state index contributed by atoms with van der Waals surface area (Å²) < 4.78 is 0. The van der Waals surface area contributed by atoms with Gasteiger partial charge in [0.25, 0.3) is 0 Å². The third kappa shape index (κ3) is 3.18. The summed E-state index contributed by atoms with van der Waals surface area (Å²) in [6.45, 7) is 7.22. The predicted octanol–water partition coefficient (Wildman–Crippen LogP) is 2.15. The normalized spacial score (nSPS) is 42.8. The highest BCUT2D eigenvalue weighted by molar-refractivity contribution is 4.84. The maximum absolute atomic E-state index is 3.85. The molecule has 0 bridgehead atoms. The smallest absolute Gasteiger partial charge is 0.0195 e. The Hall–Kier alpha value is -0.0800. The number of piperidine rings is 1. The highest BCUT2D eigenvalue weighted by Gasteiger charge is 2.26. The van der Waals surface area contributed by atoms with Crippen LogP contribution in [0.15, 0.2) is 0 Å². The zero-order valence-corrected chi connectivity index (χ0v) is 10.3. The van der Waals surface area contributed by atoms with E-state index >= 15 is 0 Å². The summed E-state index contributed by atoms with van der Waals surface area (Å²) in [7, 11) is 0. The van der Waals surface area contributed by atoms with Crippen LogP contribution in [0.3, 0.4) is 0 Å². The molecular formula is C13H26N2. The number of nitrogens with one attached hydrogen (secondary N) is 2. The van der Waals surface area contributed by atoms with E-state index in [9.17, 15) is 0 Å². The van der Waals surface area contributed by atoms with E-state index in [0.717, 1.165) is 23.9 Å². The monoisotopic (exact) mass is 210 g/mol. The van der Waals surface area contributed by atoms with Crippen molar-refractivity contribution in [1.29, 1.82) is 0 Å². The van der Waals surface area contributed by atoms with Gasteiger partial charge in [0.05, 0.1) is 0 Å². The van der Waals surface area contributed by atoms with Crippen LogP contribution >= 0.6 is 0 Å². The first kappa shape index (κ1) is 11.4. The summed E-state index contributed by atoms with van der Waals surface area (Å²) in [5, 5.41) is 7.33. The molecule has 1 aliphatic carbocycles. The Bertz CT molecular complexity index is 187. The van der Waals surface area contributed by atoms with Crippen molar-refractivity contribution in [3.8, 4) is 0 Å². The van der Waals surface area contributed by atoms with Crippen LogP contribution in [0.2, 0.25) is 0 Å². The molecule has 0 aromatic heterocycles. The number of hydrogen-bond donors (Lipinski definition) is 2. The van der Waals surface area contributed by atoms with Gasteiger partial charge in [0, 0.05) is 18.6 Å². The average molecular weight is 210 g/mol. The second kappa shape index (κ2) is 5.31. The zero-order valence-electron chi connectivity index (χ0n) is 10.3. The van der Waals surface area contributed by atoms with Gasteiger partial charge in [-0.05, 0) is 50.5 Å². The molecule has 0 radical (unpaired) electrons. The average Bonchev–Trinajstić information content (AvgIpc) is 2.25. The third-order valence-corrected chi connectivity index (χ3v) is 4.37. The van der Waals surface area contributed by atoms with Crippen LogP contribution < -0.4 is 10.6 Å². The topological polar surface area (TPSA) is 24.1 Å². The van der Waals surface area contributed by atoms with Crippen LogP contribution in [0, 0.1) is 11.8 Å². The molecule has 4 unspecified atom stereocenters. The highest BCUT2D eigenvalue weighted by atomic mass is 15.0. The molecule has 2 N–H and O–H groups in total. The van der Waals surface area contributed by atoms with E-state index in [1.807, 2.05) is 0 Å². The van der Waals surface area contributed by atoms with Crippen molar-refractivity contribution in [2.45, 2.75) is 58.0 Å². The first-order valence-corrected chi connectivity index (χ1v) is 6.72. The molecule has 4 atom stereocenters. The Kier molecular flexibility index (Phi) is 4.04. The lowest BCUT2D eigenvalue weighted by Gasteiger charge is -2.36. The van der Waals surface area contributed by atoms with Gasteiger partial charge < -0.3 is 10.6 Å². The predicted molar refractivity (Wildman–Crippen MR) is 65.0 cm³/mol. The molecule has 0 spiro atoms. The third-order valence-electron chi connectivity index (χ3n) is 4.37. The Labute approximate surface area is 94.2 Å². The Morgan fingerprint density at radius 3 is 2.53 bits per heavy atom. The van der Waals surface area contributed by atoms with Crippen molar-refractivity contribution in [3.05, 3.63) is 0 Å². The summed E-state index contributed by atoms with van der Waals surface area (Å²) in [6, 6.07) is 1.53. The molecule has 0 amide bonds. The van der Waals surface area contributed by atoms with E-state index in [1.165, 1.54) is 45.2 Å². The number of hydrogen-bond acceptors (Lipinski definition) is 2. The maximum Gasteiger partial charge on any atom is 0.0195 e. The second-order valence-corrected chi connectivity index (χ2v) is 5.67. The summed E-state index contributed by atoms with van der Waals surface area (Å²) in [4.78, 5) is 0. The van der Waals surface area contributed by atoms with E-state index < -0.39 is 0 Å². The lowest BCUT2D eigenvalue weighted by atomic mass is 9.79. The van der Waals surface area contributed by atoms with Gasteiger partial charge >= 0.3 is 0 Å². The Morgan fingerprint density at radius 1 is 1.00 bits per heavy atom. The molecule has 1 heterocycles. The minimum absolute atomic E-state index is 0.740. The van der Waals surface area contributed by atoms with Crippen molar-refractivity contribution in [3.63, 3.8) is 0 Å². The van der Waals surface area contributed by atoms with Crippen molar-refractivity contribution >= 4 is 0 Å². The second-order valence-electron chi connectivity index (χ2n) is 5.67. The quantitative estimate of drug-likeness (QED) is 0.730. The fourth-order valence-electron chi connectivity index (χ4n) is 3.03. The first-order chi connectivity index (χ1) is 7.25. The van der Waals surface area contributed by atoms with Gasteiger partial charge in [0.1, 0.15) is 0 Å². The molecule has 2 rings (SSSR count). The van der Waals surface area contributed by atoms with Crippen LogP contribution in [-0.2, 0) is 0 Å². The lowest BCUT2D eigenvalue weighted by molar-refractivity contribution is 0.206. The van der Waals surface area contributed by atoms with Crippen LogP contribution in [0.1, 0.15) is 46.0 Å². The van der Waals surface area contributed by atoms with Crippen molar-refractivity contribution < 1.29 is 0 Å². The SMILES string of the molecule is CC1CCC(NC2CCCNC2)CC1C. The number of rotatable bonds is 2. The summed E-state index contributed by atoms with van der Waals surface area (Å²) in [6.07, 6.45) is 6.91. The fourth-order valence-corrected chi connectivity index (χ4v) is 3.03. The van der Waals surface area contributed by atoms with Gasteiger partial charge in [-0.1, -0.05) is 13.8 Å². The molecule has 88 valence electrons. The van der Waals surface area contributed by atoms with E-state index in [1.54, 1.807) is 0 Å².